The number of aliphatic hydroxyl groups is 1. The molecule has 3 aromatic rings. The molecule has 0 fully saturated rings. The summed E-state index contributed by atoms with van der Waals surface area (Å²) < 4.78 is 1.91. The monoisotopic (exact) mass is 321 g/mol. The number of hydrogen-bond donors (Lipinski definition) is 2. The van der Waals surface area contributed by atoms with Crippen LogP contribution in [0.3, 0.4) is 0 Å². The lowest BCUT2D eigenvalue weighted by Gasteiger charge is -2.17. The SMILES string of the molecule is CC(C)(O)CNCc1cn(-c2ccccc2)nc1-c1ccccc1. The minimum absolute atomic E-state index is 0.526. The summed E-state index contributed by atoms with van der Waals surface area (Å²) in [4.78, 5) is 0. The fourth-order valence-electron chi connectivity index (χ4n) is 2.59. The standard InChI is InChI=1S/C20H23N3O/c1-20(2,24)15-21-13-17-14-23(18-11-7-4-8-12-18)22-19(17)16-9-5-3-6-10-16/h3-12,14,21,24H,13,15H2,1-2H3. The van der Waals surface area contributed by atoms with Crippen LogP contribution in [0.15, 0.2) is 66.9 Å². The molecule has 2 N–H and O–H groups in total. The van der Waals surface area contributed by atoms with Crippen molar-refractivity contribution in [2.75, 3.05) is 6.54 Å². The molecular formula is C20H23N3O. The molecule has 0 saturated heterocycles. The molecule has 0 radical (unpaired) electrons. The molecule has 0 unspecified atom stereocenters. The van der Waals surface area contributed by atoms with E-state index in [2.05, 4.69) is 23.6 Å². The number of aromatic nitrogens is 2. The Kier molecular flexibility index (Phi) is 4.79. The Morgan fingerprint density at radius 1 is 1.00 bits per heavy atom. The van der Waals surface area contributed by atoms with Crippen molar-refractivity contribution in [1.29, 1.82) is 0 Å². The third-order valence-electron chi connectivity index (χ3n) is 3.73. The highest BCUT2D eigenvalue weighted by Crippen LogP contribution is 2.23. The van der Waals surface area contributed by atoms with Gasteiger partial charge in [0.25, 0.3) is 0 Å². The van der Waals surface area contributed by atoms with E-state index in [1.807, 2.05) is 53.2 Å². The van der Waals surface area contributed by atoms with Crippen LogP contribution in [0.25, 0.3) is 16.9 Å². The number of benzene rings is 2. The van der Waals surface area contributed by atoms with E-state index in [-0.39, 0.29) is 0 Å². The maximum atomic E-state index is 9.88. The highest BCUT2D eigenvalue weighted by Gasteiger charge is 2.15. The van der Waals surface area contributed by atoms with Gasteiger partial charge in [0.2, 0.25) is 0 Å². The zero-order valence-electron chi connectivity index (χ0n) is 14.1. The Balaban J connectivity index is 1.92. The van der Waals surface area contributed by atoms with Gasteiger partial charge in [-0.15, -0.1) is 0 Å². The summed E-state index contributed by atoms with van der Waals surface area (Å²) in [7, 11) is 0. The molecule has 0 atom stereocenters. The van der Waals surface area contributed by atoms with Gasteiger partial charge in [0, 0.05) is 30.4 Å². The van der Waals surface area contributed by atoms with Crippen LogP contribution in [0.4, 0.5) is 0 Å². The number of para-hydroxylation sites is 1. The van der Waals surface area contributed by atoms with Crippen molar-refractivity contribution in [2.45, 2.75) is 26.0 Å². The van der Waals surface area contributed by atoms with Gasteiger partial charge in [-0.05, 0) is 26.0 Å². The van der Waals surface area contributed by atoms with E-state index < -0.39 is 5.60 Å². The Labute approximate surface area is 142 Å². The normalized spacial score (nSPS) is 11.6. The largest absolute Gasteiger partial charge is 0.389 e. The van der Waals surface area contributed by atoms with Crippen molar-refractivity contribution in [2.24, 2.45) is 0 Å². The minimum Gasteiger partial charge on any atom is -0.389 e. The van der Waals surface area contributed by atoms with Gasteiger partial charge >= 0.3 is 0 Å². The van der Waals surface area contributed by atoms with Crippen LogP contribution in [0.2, 0.25) is 0 Å². The maximum Gasteiger partial charge on any atom is 0.0972 e. The van der Waals surface area contributed by atoms with Crippen LogP contribution in [-0.2, 0) is 6.54 Å². The summed E-state index contributed by atoms with van der Waals surface area (Å²) in [5.74, 6) is 0. The minimum atomic E-state index is -0.734. The Morgan fingerprint density at radius 2 is 1.62 bits per heavy atom. The summed E-state index contributed by atoms with van der Waals surface area (Å²) in [6.07, 6.45) is 2.05. The van der Waals surface area contributed by atoms with Crippen LogP contribution in [0.1, 0.15) is 19.4 Å². The fourth-order valence-corrected chi connectivity index (χ4v) is 2.59. The first-order valence-electron chi connectivity index (χ1n) is 8.15. The second kappa shape index (κ2) is 6.99. The Hall–Kier alpha value is -2.43. The van der Waals surface area contributed by atoms with Gasteiger partial charge in [-0.25, -0.2) is 4.68 Å². The van der Waals surface area contributed by atoms with Gasteiger partial charge < -0.3 is 10.4 Å². The zero-order valence-corrected chi connectivity index (χ0v) is 14.1. The second-order valence-corrected chi connectivity index (χ2v) is 6.57. The van der Waals surface area contributed by atoms with Crippen molar-refractivity contribution >= 4 is 0 Å². The average molecular weight is 321 g/mol. The summed E-state index contributed by atoms with van der Waals surface area (Å²) in [5, 5.41) is 18.0. The molecule has 1 aromatic heterocycles. The first kappa shape index (κ1) is 16.4. The Bertz CT molecular complexity index is 774. The van der Waals surface area contributed by atoms with E-state index >= 15 is 0 Å². The molecular weight excluding hydrogens is 298 g/mol. The van der Waals surface area contributed by atoms with Crippen LogP contribution < -0.4 is 5.32 Å². The molecule has 0 saturated carbocycles. The van der Waals surface area contributed by atoms with E-state index in [1.165, 1.54) is 0 Å². The molecule has 0 bridgehead atoms. The summed E-state index contributed by atoms with van der Waals surface area (Å²) in [6, 6.07) is 20.3. The first-order valence-corrected chi connectivity index (χ1v) is 8.15. The van der Waals surface area contributed by atoms with Gasteiger partial charge in [-0.3, -0.25) is 0 Å². The molecule has 1 heterocycles. The van der Waals surface area contributed by atoms with E-state index in [0.29, 0.717) is 13.1 Å². The smallest absolute Gasteiger partial charge is 0.0972 e. The highest BCUT2D eigenvalue weighted by atomic mass is 16.3. The molecule has 4 heteroatoms. The lowest BCUT2D eigenvalue weighted by Crippen LogP contribution is -2.34. The van der Waals surface area contributed by atoms with Crippen molar-refractivity contribution in [3.05, 3.63) is 72.4 Å². The van der Waals surface area contributed by atoms with Crippen molar-refractivity contribution in [3.8, 4) is 16.9 Å². The fraction of sp³-hybridized carbons (Fsp3) is 0.250. The van der Waals surface area contributed by atoms with Crippen LogP contribution in [-0.4, -0.2) is 27.0 Å². The van der Waals surface area contributed by atoms with E-state index in [1.54, 1.807) is 13.8 Å². The lowest BCUT2D eigenvalue weighted by atomic mass is 10.1. The number of hydrogen-bond acceptors (Lipinski definition) is 3. The summed E-state index contributed by atoms with van der Waals surface area (Å²) in [5.41, 5.74) is 3.45. The lowest BCUT2D eigenvalue weighted by molar-refractivity contribution is 0.0795. The second-order valence-electron chi connectivity index (χ2n) is 6.57. The molecule has 124 valence electrons. The van der Waals surface area contributed by atoms with Gasteiger partial charge in [0.15, 0.2) is 0 Å². The molecule has 3 rings (SSSR count). The van der Waals surface area contributed by atoms with Crippen molar-refractivity contribution < 1.29 is 5.11 Å². The number of nitrogens with one attached hydrogen (secondary N) is 1. The molecule has 0 aliphatic carbocycles. The molecule has 4 nitrogen and oxygen atoms in total. The maximum absolute atomic E-state index is 9.88. The predicted octanol–water partition coefficient (Wildman–Crippen LogP) is 3.40. The molecule has 2 aromatic carbocycles. The van der Waals surface area contributed by atoms with E-state index in [9.17, 15) is 5.11 Å². The summed E-state index contributed by atoms with van der Waals surface area (Å²) >= 11 is 0. The van der Waals surface area contributed by atoms with Crippen LogP contribution in [0, 0.1) is 0 Å². The zero-order chi connectivity index (χ0) is 17.0. The topological polar surface area (TPSA) is 50.1 Å². The Morgan fingerprint density at radius 3 is 2.25 bits per heavy atom. The van der Waals surface area contributed by atoms with Gasteiger partial charge in [-0.1, -0.05) is 48.5 Å². The third kappa shape index (κ3) is 4.10. The van der Waals surface area contributed by atoms with Gasteiger partial charge in [0.1, 0.15) is 0 Å². The van der Waals surface area contributed by atoms with E-state index in [4.69, 9.17) is 5.10 Å². The van der Waals surface area contributed by atoms with E-state index in [0.717, 1.165) is 22.5 Å². The number of nitrogens with zero attached hydrogens (tertiary/aromatic N) is 2. The van der Waals surface area contributed by atoms with Crippen LogP contribution >= 0.6 is 0 Å². The number of rotatable bonds is 6. The highest BCUT2D eigenvalue weighted by molar-refractivity contribution is 5.63. The van der Waals surface area contributed by atoms with Crippen molar-refractivity contribution in [3.63, 3.8) is 0 Å². The molecule has 24 heavy (non-hydrogen) atoms. The summed E-state index contributed by atoms with van der Waals surface area (Å²) in [6.45, 7) is 4.77. The molecule has 0 aliphatic rings. The quantitative estimate of drug-likeness (QED) is 0.731. The van der Waals surface area contributed by atoms with Gasteiger partial charge in [0.05, 0.1) is 17.0 Å². The van der Waals surface area contributed by atoms with Gasteiger partial charge in [-0.2, -0.15) is 5.10 Å². The first-order chi connectivity index (χ1) is 11.5. The molecule has 0 spiro atoms. The third-order valence-corrected chi connectivity index (χ3v) is 3.73. The average Bonchev–Trinajstić information content (AvgIpc) is 2.99. The molecule has 0 amide bonds. The molecule has 0 aliphatic heterocycles. The van der Waals surface area contributed by atoms with Crippen LogP contribution in [0.5, 0.6) is 0 Å². The van der Waals surface area contributed by atoms with Crippen molar-refractivity contribution in [1.82, 2.24) is 15.1 Å². The predicted molar refractivity (Wildman–Crippen MR) is 97.0 cm³/mol.